The molecule has 2 rings (SSSR count). The minimum atomic E-state index is -0.0628. The van der Waals surface area contributed by atoms with Crippen LogP contribution in [0.4, 0.5) is 0 Å². The van der Waals surface area contributed by atoms with E-state index in [0.717, 1.165) is 19.4 Å². The van der Waals surface area contributed by atoms with Gasteiger partial charge in [-0.1, -0.05) is 12.8 Å². The second-order valence-corrected chi connectivity index (χ2v) is 5.20. The third-order valence-corrected chi connectivity index (χ3v) is 3.83. The van der Waals surface area contributed by atoms with Crippen LogP contribution in [-0.2, 0) is 4.74 Å². The minimum Gasteiger partial charge on any atom is -0.394 e. The Balaban J connectivity index is 1.93. The molecule has 2 unspecified atom stereocenters. The summed E-state index contributed by atoms with van der Waals surface area (Å²) in [5, 5.41) is 13.3. The molecule has 0 aromatic heterocycles. The average molecular weight is 213 g/mol. The molecule has 0 radical (unpaired) electrons. The Hall–Kier alpha value is -0.120. The quantitative estimate of drug-likeness (QED) is 0.745. The van der Waals surface area contributed by atoms with Crippen molar-refractivity contribution in [2.75, 3.05) is 13.2 Å². The van der Waals surface area contributed by atoms with Crippen LogP contribution in [0.1, 0.15) is 45.4 Å². The van der Waals surface area contributed by atoms with E-state index in [1.807, 2.05) is 0 Å². The number of hydrogen-bond acceptors (Lipinski definition) is 3. The van der Waals surface area contributed by atoms with E-state index in [2.05, 4.69) is 12.2 Å². The summed E-state index contributed by atoms with van der Waals surface area (Å²) < 4.78 is 5.55. The Morgan fingerprint density at radius 3 is 2.73 bits per heavy atom. The van der Waals surface area contributed by atoms with E-state index in [1.54, 1.807) is 0 Å². The Labute approximate surface area is 92.2 Å². The third kappa shape index (κ3) is 2.71. The fraction of sp³-hybridized carbons (Fsp3) is 1.00. The average Bonchev–Trinajstić information content (AvgIpc) is 2.70. The van der Waals surface area contributed by atoms with Crippen molar-refractivity contribution in [2.45, 2.75) is 63.1 Å². The monoisotopic (exact) mass is 213 g/mol. The van der Waals surface area contributed by atoms with Crippen LogP contribution in [0.5, 0.6) is 0 Å². The van der Waals surface area contributed by atoms with Gasteiger partial charge in [-0.15, -0.1) is 0 Å². The summed E-state index contributed by atoms with van der Waals surface area (Å²) in [7, 11) is 0. The molecule has 1 heterocycles. The molecule has 3 nitrogen and oxygen atoms in total. The fourth-order valence-electron chi connectivity index (χ4n) is 2.99. The van der Waals surface area contributed by atoms with E-state index in [-0.39, 0.29) is 18.2 Å². The summed E-state index contributed by atoms with van der Waals surface area (Å²) in [6.07, 6.45) is 7.40. The largest absolute Gasteiger partial charge is 0.394 e. The van der Waals surface area contributed by atoms with Crippen LogP contribution in [0.3, 0.4) is 0 Å². The summed E-state index contributed by atoms with van der Waals surface area (Å²) in [5.74, 6) is 0. The topological polar surface area (TPSA) is 41.5 Å². The van der Waals surface area contributed by atoms with Crippen molar-refractivity contribution < 1.29 is 9.84 Å². The van der Waals surface area contributed by atoms with Crippen molar-refractivity contribution in [3.8, 4) is 0 Å². The van der Waals surface area contributed by atoms with Crippen LogP contribution < -0.4 is 5.32 Å². The predicted octanol–water partition coefficient (Wildman–Crippen LogP) is 1.45. The Bertz CT molecular complexity index is 204. The van der Waals surface area contributed by atoms with Crippen molar-refractivity contribution in [2.24, 2.45) is 0 Å². The molecule has 2 fully saturated rings. The van der Waals surface area contributed by atoms with Gasteiger partial charge in [0.1, 0.15) is 0 Å². The molecule has 88 valence electrons. The van der Waals surface area contributed by atoms with Crippen LogP contribution in [0, 0.1) is 0 Å². The molecular weight excluding hydrogens is 190 g/mol. The molecule has 0 bridgehead atoms. The van der Waals surface area contributed by atoms with E-state index < -0.39 is 0 Å². The summed E-state index contributed by atoms with van der Waals surface area (Å²) in [6, 6.07) is 0.627. The Kier molecular flexibility index (Phi) is 3.65. The fourth-order valence-corrected chi connectivity index (χ4v) is 2.99. The SMILES string of the molecule is CC1CC(CO)(NC2CCCC2)CCO1. The van der Waals surface area contributed by atoms with E-state index in [9.17, 15) is 5.11 Å². The van der Waals surface area contributed by atoms with Gasteiger partial charge in [0.15, 0.2) is 0 Å². The molecule has 2 aliphatic rings. The van der Waals surface area contributed by atoms with Gasteiger partial charge >= 0.3 is 0 Å². The summed E-state index contributed by atoms with van der Waals surface area (Å²) >= 11 is 0. The lowest BCUT2D eigenvalue weighted by Gasteiger charge is -2.41. The summed E-state index contributed by atoms with van der Waals surface area (Å²) in [5.41, 5.74) is -0.0628. The van der Waals surface area contributed by atoms with Crippen molar-refractivity contribution >= 4 is 0 Å². The normalized spacial score (nSPS) is 38.4. The van der Waals surface area contributed by atoms with Crippen LogP contribution in [-0.4, -0.2) is 36.0 Å². The number of nitrogens with one attached hydrogen (secondary N) is 1. The van der Waals surface area contributed by atoms with Gasteiger partial charge in [0.05, 0.1) is 12.7 Å². The van der Waals surface area contributed by atoms with Crippen LogP contribution in [0.25, 0.3) is 0 Å². The van der Waals surface area contributed by atoms with Gasteiger partial charge in [-0.2, -0.15) is 0 Å². The maximum absolute atomic E-state index is 9.60. The van der Waals surface area contributed by atoms with Gasteiger partial charge in [0, 0.05) is 18.2 Å². The maximum atomic E-state index is 9.60. The van der Waals surface area contributed by atoms with Gasteiger partial charge in [0.2, 0.25) is 0 Å². The predicted molar refractivity (Wildman–Crippen MR) is 59.9 cm³/mol. The highest BCUT2D eigenvalue weighted by Crippen LogP contribution is 2.28. The highest BCUT2D eigenvalue weighted by molar-refractivity contribution is 4.95. The number of ether oxygens (including phenoxy) is 1. The van der Waals surface area contributed by atoms with E-state index >= 15 is 0 Å². The van der Waals surface area contributed by atoms with Gasteiger partial charge in [-0.05, 0) is 32.6 Å². The molecule has 0 spiro atoms. The molecule has 1 saturated heterocycles. The second-order valence-electron chi connectivity index (χ2n) is 5.20. The van der Waals surface area contributed by atoms with Crippen molar-refractivity contribution in [3.05, 3.63) is 0 Å². The third-order valence-electron chi connectivity index (χ3n) is 3.83. The van der Waals surface area contributed by atoms with E-state index in [0.29, 0.717) is 6.04 Å². The summed E-state index contributed by atoms with van der Waals surface area (Å²) in [6.45, 7) is 3.12. The van der Waals surface area contributed by atoms with Crippen molar-refractivity contribution in [3.63, 3.8) is 0 Å². The zero-order chi connectivity index (χ0) is 10.7. The Morgan fingerprint density at radius 1 is 1.40 bits per heavy atom. The molecule has 2 atom stereocenters. The first kappa shape index (κ1) is 11.4. The number of aliphatic hydroxyl groups excluding tert-OH is 1. The molecule has 15 heavy (non-hydrogen) atoms. The van der Waals surface area contributed by atoms with Crippen molar-refractivity contribution in [1.29, 1.82) is 0 Å². The standard InChI is InChI=1S/C12H23NO2/c1-10-8-12(9-14,6-7-15-10)13-11-4-2-3-5-11/h10-11,13-14H,2-9H2,1H3. The number of aliphatic hydroxyl groups is 1. The first-order valence-electron chi connectivity index (χ1n) is 6.24. The molecule has 3 heteroatoms. The lowest BCUT2D eigenvalue weighted by Crippen LogP contribution is -2.56. The number of rotatable bonds is 3. The van der Waals surface area contributed by atoms with Gasteiger partial charge in [-0.25, -0.2) is 0 Å². The van der Waals surface area contributed by atoms with E-state index in [1.165, 1.54) is 25.7 Å². The van der Waals surface area contributed by atoms with Crippen LogP contribution >= 0.6 is 0 Å². The number of hydrogen-bond donors (Lipinski definition) is 2. The highest BCUT2D eigenvalue weighted by atomic mass is 16.5. The second kappa shape index (κ2) is 4.81. The molecule has 2 N–H and O–H groups in total. The van der Waals surface area contributed by atoms with Crippen LogP contribution in [0.2, 0.25) is 0 Å². The molecule has 1 aliphatic heterocycles. The molecule has 1 aliphatic carbocycles. The summed E-state index contributed by atoms with van der Waals surface area (Å²) in [4.78, 5) is 0. The van der Waals surface area contributed by atoms with Crippen molar-refractivity contribution in [1.82, 2.24) is 5.32 Å². The Morgan fingerprint density at radius 2 is 2.13 bits per heavy atom. The first-order valence-corrected chi connectivity index (χ1v) is 6.24. The molecule has 1 saturated carbocycles. The highest BCUT2D eigenvalue weighted by Gasteiger charge is 2.37. The smallest absolute Gasteiger partial charge is 0.0615 e. The minimum absolute atomic E-state index is 0.0628. The lowest BCUT2D eigenvalue weighted by atomic mass is 9.86. The molecular formula is C12H23NO2. The van der Waals surface area contributed by atoms with E-state index in [4.69, 9.17) is 4.74 Å². The van der Waals surface area contributed by atoms with Gasteiger partial charge in [-0.3, -0.25) is 0 Å². The lowest BCUT2D eigenvalue weighted by molar-refractivity contribution is -0.0394. The first-order chi connectivity index (χ1) is 7.24. The zero-order valence-corrected chi connectivity index (χ0v) is 9.67. The molecule has 0 aromatic carbocycles. The van der Waals surface area contributed by atoms with Crippen LogP contribution in [0.15, 0.2) is 0 Å². The van der Waals surface area contributed by atoms with Gasteiger partial charge < -0.3 is 15.2 Å². The zero-order valence-electron chi connectivity index (χ0n) is 9.67. The molecule has 0 amide bonds. The van der Waals surface area contributed by atoms with Gasteiger partial charge in [0.25, 0.3) is 0 Å². The maximum Gasteiger partial charge on any atom is 0.0615 e. The molecule has 0 aromatic rings.